The van der Waals surface area contributed by atoms with Crippen LogP contribution in [0.15, 0.2) is 140 Å². The molecule has 0 radical (unpaired) electrons. The van der Waals surface area contributed by atoms with Gasteiger partial charge in [-0.05, 0) is 78.9 Å². The Kier molecular flexibility index (Phi) is 6.63. The highest BCUT2D eigenvalue weighted by atomic mass is 32.2. The van der Waals surface area contributed by atoms with E-state index in [0.717, 1.165) is 67.0 Å². The van der Waals surface area contributed by atoms with Crippen molar-refractivity contribution in [2.24, 2.45) is 4.36 Å². The molecule has 1 atom stereocenters. The monoisotopic (exact) mass is 639 g/mol. The minimum absolute atomic E-state index is 0.475. The summed E-state index contributed by atoms with van der Waals surface area (Å²) in [5.74, 6) is 7.00. The average Bonchev–Trinajstić information content (AvgIpc) is 3.29. The topological polar surface area (TPSA) is 68.3 Å². The van der Waals surface area contributed by atoms with Crippen LogP contribution in [0.3, 0.4) is 0 Å². The highest BCUT2D eigenvalue weighted by Crippen LogP contribution is 2.50. The van der Waals surface area contributed by atoms with Gasteiger partial charge in [-0.3, -0.25) is 0 Å². The summed E-state index contributed by atoms with van der Waals surface area (Å²) in [5, 5.41) is 0.891. The summed E-state index contributed by atoms with van der Waals surface area (Å²) in [6, 6.07) is 28.6. The maximum absolute atomic E-state index is 15.4. The quantitative estimate of drug-likeness (QED) is 0.180. The van der Waals surface area contributed by atoms with Gasteiger partial charge in [0.25, 0.3) is 0 Å². The molecule has 0 saturated carbocycles. The maximum Gasteiger partial charge on any atom is 0.180 e. The fourth-order valence-corrected chi connectivity index (χ4v) is 9.01. The third-order valence-corrected chi connectivity index (χ3v) is 11.3. The van der Waals surface area contributed by atoms with E-state index >= 15 is 4.21 Å². The molecule has 0 amide bonds. The van der Waals surface area contributed by atoms with Gasteiger partial charge in [0.15, 0.2) is 11.4 Å². The molecule has 6 heteroatoms. The van der Waals surface area contributed by atoms with Crippen molar-refractivity contribution in [1.29, 1.82) is 0 Å². The van der Waals surface area contributed by atoms with Crippen molar-refractivity contribution < 1.29 is 8.63 Å². The van der Waals surface area contributed by atoms with Crippen LogP contribution in [0.1, 0.15) is 30.5 Å². The molecule has 4 aromatic carbocycles. The minimum Gasteiger partial charge on any atom is -0.452 e. The summed E-state index contributed by atoms with van der Waals surface area (Å²) in [6.45, 7) is 2.03. The van der Waals surface area contributed by atoms with Crippen LogP contribution in [0.2, 0.25) is 0 Å². The van der Waals surface area contributed by atoms with Crippen molar-refractivity contribution in [3.63, 3.8) is 0 Å². The molecule has 48 heavy (non-hydrogen) atoms. The molecule has 3 aliphatic rings. The zero-order valence-corrected chi connectivity index (χ0v) is 27.1. The van der Waals surface area contributed by atoms with E-state index in [-0.39, 0.29) is 0 Å². The summed E-state index contributed by atoms with van der Waals surface area (Å²) < 4.78 is 27.0. The Hall–Kier alpha value is -5.77. The number of benzene rings is 4. The first-order chi connectivity index (χ1) is 23.6. The van der Waals surface area contributed by atoms with Gasteiger partial charge in [-0.15, -0.1) is 0 Å². The summed E-state index contributed by atoms with van der Waals surface area (Å²) in [6.07, 6.45) is 14.5. The standard InChI is InChI=1S/C42H29N3O2S/c1-27-22-23-32-34-25-30(28-14-8-4-9-15-28)26-35(39(34)45-48(46,37(32)24-27)31-18-10-5-11-19-31)42-43-38(29-16-6-2-3-7-17-29)41-40(44-42)33-20-12-13-21-36(33)47-41/h2,4,6,8-10,12-16,18-26H,3,5,11H2,1H3. The first kappa shape index (κ1) is 28.5. The molecule has 230 valence electrons. The van der Waals surface area contributed by atoms with E-state index < -0.39 is 9.73 Å². The maximum atomic E-state index is 15.4. The van der Waals surface area contributed by atoms with Crippen molar-refractivity contribution in [3.05, 3.63) is 138 Å². The number of hydrogen-bond acceptors (Lipinski definition) is 5. The predicted octanol–water partition coefficient (Wildman–Crippen LogP) is 10.7. The fourth-order valence-electron chi connectivity index (χ4n) is 6.65. The molecule has 0 fully saturated rings. The smallest absolute Gasteiger partial charge is 0.180 e. The third-order valence-electron chi connectivity index (χ3n) is 9.00. The normalized spacial score (nSPS) is 17.9. The molecule has 0 N–H and O–H groups in total. The minimum atomic E-state index is -3.01. The zero-order valence-electron chi connectivity index (χ0n) is 26.2. The number of furan rings is 1. The summed E-state index contributed by atoms with van der Waals surface area (Å²) >= 11 is 0. The van der Waals surface area contributed by atoms with Crippen molar-refractivity contribution in [1.82, 2.24) is 9.97 Å². The first-order valence-corrected chi connectivity index (χ1v) is 17.6. The molecule has 5 nitrogen and oxygen atoms in total. The van der Waals surface area contributed by atoms with E-state index in [0.29, 0.717) is 40.3 Å². The molecule has 0 saturated heterocycles. The Bertz CT molecular complexity index is 2650. The molecule has 0 spiro atoms. The van der Waals surface area contributed by atoms with Gasteiger partial charge >= 0.3 is 0 Å². The van der Waals surface area contributed by atoms with Gasteiger partial charge in [0.05, 0.1) is 16.2 Å². The van der Waals surface area contributed by atoms with E-state index in [1.165, 1.54) is 0 Å². The van der Waals surface area contributed by atoms with Crippen LogP contribution >= 0.6 is 0 Å². The SMILES string of the molecule is Cc1ccc2c(c1)S(=O)(C1=CCCC=C1)=Nc1c(-c3nc(C4=CC=CCC#C4)c4oc5ccccc5c4n3)cc(-c3ccccc3)cc1-2. The van der Waals surface area contributed by atoms with Gasteiger partial charge in [-0.1, -0.05) is 90.7 Å². The highest BCUT2D eigenvalue weighted by molar-refractivity contribution is 7.98. The summed E-state index contributed by atoms with van der Waals surface area (Å²) in [4.78, 5) is 11.9. The lowest BCUT2D eigenvalue weighted by Gasteiger charge is -2.25. The molecular weight excluding hydrogens is 611 g/mol. The molecule has 2 aromatic heterocycles. The Morgan fingerprint density at radius 1 is 0.833 bits per heavy atom. The van der Waals surface area contributed by atoms with E-state index in [2.05, 4.69) is 60.4 Å². The Labute approximate surface area is 279 Å². The second-order valence-corrected chi connectivity index (χ2v) is 14.3. The highest BCUT2D eigenvalue weighted by Gasteiger charge is 2.31. The second-order valence-electron chi connectivity index (χ2n) is 12.2. The zero-order chi connectivity index (χ0) is 32.2. The summed E-state index contributed by atoms with van der Waals surface area (Å²) in [7, 11) is -3.01. The van der Waals surface area contributed by atoms with Crippen LogP contribution in [-0.2, 0) is 9.73 Å². The number of aromatic nitrogens is 2. The molecule has 1 unspecified atom stereocenters. The van der Waals surface area contributed by atoms with Crippen LogP contribution in [0, 0.1) is 18.8 Å². The molecule has 9 rings (SSSR count). The van der Waals surface area contributed by atoms with Gasteiger partial charge < -0.3 is 4.42 Å². The van der Waals surface area contributed by atoms with Crippen LogP contribution in [0.25, 0.3) is 61.3 Å². The Balaban J connectivity index is 1.42. The lowest BCUT2D eigenvalue weighted by atomic mass is 9.93. The number of nitrogens with zero attached hydrogens (tertiary/aromatic N) is 3. The van der Waals surface area contributed by atoms with E-state index in [1.54, 1.807) is 0 Å². The van der Waals surface area contributed by atoms with Gasteiger partial charge in [0, 0.05) is 33.4 Å². The van der Waals surface area contributed by atoms with Crippen LogP contribution in [0.5, 0.6) is 0 Å². The number of hydrogen-bond donors (Lipinski definition) is 0. The van der Waals surface area contributed by atoms with E-state index in [1.807, 2.05) is 79.8 Å². The largest absolute Gasteiger partial charge is 0.452 e. The third kappa shape index (κ3) is 4.58. The Morgan fingerprint density at radius 3 is 2.56 bits per heavy atom. The van der Waals surface area contributed by atoms with Gasteiger partial charge in [-0.25, -0.2) is 14.2 Å². The predicted molar refractivity (Wildman–Crippen MR) is 195 cm³/mol. The number of rotatable bonds is 4. The molecule has 6 aromatic rings. The molecular formula is C42H29N3O2S. The number of aryl methyl sites for hydroxylation is 1. The molecule has 2 aliphatic carbocycles. The fraction of sp³-hybridized carbons (Fsp3) is 0.0952. The van der Waals surface area contributed by atoms with Gasteiger partial charge in [-0.2, -0.15) is 4.36 Å². The summed E-state index contributed by atoms with van der Waals surface area (Å²) in [5.41, 5.74) is 9.61. The van der Waals surface area contributed by atoms with E-state index in [9.17, 15) is 0 Å². The van der Waals surface area contributed by atoms with Gasteiger partial charge in [0.2, 0.25) is 0 Å². The number of para-hydroxylation sites is 1. The van der Waals surface area contributed by atoms with Gasteiger partial charge in [0.1, 0.15) is 26.5 Å². The first-order valence-electron chi connectivity index (χ1n) is 16.1. The van der Waals surface area contributed by atoms with Crippen LogP contribution in [-0.4, -0.2) is 14.2 Å². The lowest BCUT2D eigenvalue weighted by Crippen LogP contribution is -2.11. The van der Waals surface area contributed by atoms with Crippen molar-refractivity contribution in [2.45, 2.75) is 31.1 Å². The number of allylic oxidation sites excluding steroid dienone is 7. The number of fused-ring (bicyclic) bond motifs is 6. The van der Waals surface area contributed by atoms with Crippen molar-refractivity contribution >= 4 is 43.1 Å². The second kappa shape index (κ2) is 11.2. The lowest BCUT2D eigenvalue weighted by molar-refractivity contribution is 0.664. The average molecular weight is 640 g/mol. The van der Waals surface area contributed by atoms with Crippen molar-refractivity contribution in [3.8, 4) is 45.5 Å². The molecule has 0 bridgehead atoms. The van der Waals surface area contributed by atoms with Crippen LogP contribution in [0.4, 0.5) is 5.69 Å². The molecule has 1 aliphatic heterocycles. The van der Waals surface area contributed by atoms with Crippen molar-refractivity contribution in [2.75, 3.05) is 0 Å². The van der Waals surface area contributed by atoms with Crippen LogP contribution < -0.4 is 0 Å². The Morgan fingerprint density at radius 2 is 1.69 bits per heavy atom. The molecule has 3 heterocycles. The van der Waals surface area contributed by atoms with E-state index in [4.69, 9.17) is 18.7 Å².